The molecule has 0 aliphatic heterocycles. The molecule has 2 aromatic carbocycles. The summed E-state index contributed by atoms with van der Waals surface area (Å²) in [6, 6.07) is 9.47. The molecule has 0 aliphatic carbocycles. The highest BCUT2D eigenvalue weighted by Gasteiger charge is 2.21. The third-order valence-corrected chi connectivity index (χ3v) is 5.87. The van der Waals surface area contributed by atoms with Crippen molar-refractivity contribution in [1.29, 1.82) is 5.26 Å². The molecule has 3 heterocycles. The Balaban J connectivity index is 1.61. The number of anilines is 3. The monoisotopic (exact) mass is 507 g/mol. The fourth-order valence-electron chi connectivity index (χ4n) is 3.68. The van der Waals surface area contributed by atoms with Gasteiger partial charge in [-0.1, -0.05) is 23.2 Å². The Morgan fingerprint density at radius 1 is 1.09 bits per heavy atom. The minimum absolute atomic E-state index is 0.0435. The van der Waals surface area contributed by atoms with Crippen LogP contribution in [0.1, 0.15) is 23.0 Å². The molecule has 0 bridgehead atoms. The molecule has 1 atom stereocenters. The highest BCUT2D eigenvalue weighted by atomic mass is 35.5. The zero-order chi connectivity index (χ0) is 24.5. The van der Waals surface area contributed by atoms with Gasteiger partial charge in [-0.15, -0.1) is 0 Å². The highest BCUT2D eigenvalue weighted by Crippen LogP contribution is 2.36. The average Bonchev–Trinajstić information content (AvgIpc) is 3.52. The van der Waals surface area contributed by atoms with Gasteiger partial charge in [0, 0.05) is 36.2 Å². The van der Waals surface area contributed by atoms with Crippen LogP contribution in [-0.2, 0) is 7.05 Å². The lowest BCUT2D eigenvalue weighted by Crippen LogP contribution is -2.13. The smallest absolute Gasteiger partial charge is 0.141 e. The van der Waals surface area contributed by atoms with E-state index < -0.39 is 11.9 Å². The van der Waals surface area contributed by atoms with E-state index in [4.69, 9.17) is 23.2 Å². The van der Waals surface area contributed by atoms with Gasteiger partial charge < -0.3 is 15.2 Å². The van der Waals surface area contributed by atoms with Crippen LogP contribution in [0, 0.1) is 17.1 Å². The van der Waals surface area contributed by atoms with Crippen LogP contribution in [0.4, 0.5) is 21.5 Å². The molecule has 3 aromatic heterocycles. The number of imidazole rings is 1. The van der Waals surface area contributed by atoms with Gasteiger partial charge in [-0.3, -0.25) is 4.98 Å². The second-order valence-corrected chi connectivity index (χ2v) is 8.52. The molecule has 5 aromatic rings. The van der Waals surface area contributed by atoms with E-state index in [1.807, 2.05) is 23.9 Å². The summed E-state index contributed by atoms with van der Waals surface area (Å²) in [6.45, 7) is 0. The van der Waals surface area contributed by atoms with Gasteiger partial charge in [0.05, 0.1) is 45.0 Å². The van der Waals surface area contributed by atoms with E-state index >= 15 is 0 Å². The summed E-state index contributed by atoms with van der Waals surface area (Å²) < 4.78 is 15.5. The maximum atomic E-state index is 13.7. The van der Waals surface area contributed by atoms with Crippen LogP contribution in [0.5, 0.6) is 0 Å². The summed E-state index contributed by atoms with van der Waals surface area (Å²) in [7, 11) is 1.87. The van der Waals surface area contributed by atoms with E-state index in [1.54, 1.807) is 18.6 Å². The summed E-state index contributed by atoms with van der Waals surface area (Å²) in [5, 5.41) is 27.9. The van der Waals surface area contributed by atoms with Crippen LogP contribution in [0.25, 0.3) is 10.9 Å². The number of aromatic amines is 1. The number of benzene rings is 2. The van der Waals surface area contributed by atoms with Crippen molar-refractivity contribution in [2.75, 3.05) is 10.6 Å². The molecule has 0 amide bonds. The maximum Gasteiger partial charge on any atom is 0.141 e. The van der Waals surface area contributed by atoms with Crippen molar-refractivity contribution < 1.29 is 4.39 Å². The zero-order valence-electron chi connectivity index (χ0n) is 18.1. The van der Waals surface area contributed by atoms with Crippen molar-refractivity contribution in [3.05, 3.63) is 88.1 Å². The molecule has 0 fully saturated rings. The molecule has 12 heteroatoms. The average molecular weight is 508 g/mol. The third kappa shape index (κ3) is 4.47. The van der Waals surface area contributed by atoms with Crippen molar-refractivity contribution in [2.24, 2.45) is 7.05 Å². The van der Waals surface area contributed by atoms with Gasteiger partial charge in [0.15, 0.2) is 0 Å². The second kappa shape index (κ2) is 9.21. The van der Waals surface area contributed by atoms with Gasteiger partial charge in [-0.25, -0.2) is 9.37 Å². The number of nitriles is 1. The molecule has 0 saturated heterocycles. The Labute approximate surface area is 208 Å². The first-order chi connectivity index (χ1) is 16.9. The lowest BCUT2D eigenvalue weighted by molar-refractivity contribution is 0.628. The quantitative estimate of drug-likeness (QED) is 0.283. The van der Waals surface area contributed by atoms with Crippen LogP contribution < -0.4 is 10.6 Å². The van der Waals surface area contributed by atoms with Crippen LogP contribution in [0.3, 0.4) is 0 Å². The van der Waals surface area contributed by atoms with Gasteiger partial charge in [0.25, 0.3) is 0 Å². The maximum absolute atomic E-state index is 13.7. The Bertz CT molecular complexity index is 1570. The zero-order valence-corrected chi connectivity index (χ0v) is 19.6. The Morgan fingerprint density at radius 2 is 1.91 bits per heavy atom. The molecule has 3 N–H and O–H groups in total. The highest BCUT2D eigenvalue weighted by molar-refractivity contribution is 6.36. The van der Waals surface area contributed by atoms with E-state index in [1.165, 1.54) is 24.4 Å². The molecule has 1 unspecified atom stereocenters. The number of hydrogen-bond donors (Lipinski definition) is 3. The molecular weight excluding hydrogens is 492 g/mol. The lowest BCUT2D eigenvalue weighted by atomic mass is 10.1. The first-order valence-corrected chi connectivity index (χ1v) is 11.0. The number of fused-ring (bicyclic) bond motifs is 1. The third-order valence-electron chi connectivity index (χ3n) is 5.30. The van der Waals surface area contributed by atoms with Crippen molar-refractivity contribution in [3.8, 4) is 6.07 Å². The van der Waals surface area contributed by atoms with Gasteiger partial charge in [0.1, 0.15) is 23.6 Å². The number of aromatic nitrogens is 6. The molecule has 0 spiro atoms. The van der Waals surface area contributed by atoms with Crippen LogP contribution in [0.2, 0.25) is 10.0 Å². The standard InChI is InChI=1S/C23H16Cl2FN9/c1-35-10-20(29-11-35)23(19-9-30-34-33-19)32-14-4-15-21(31-13-2-3-18(26)16(24)5-13)12(7-27)8-28-22(15)17(25)6-14/h2-6,8-11,23,32H,1H3,(H,28,31)(H,30,33,34). The molecule has 5 rings (SSSR count). The Kier molecular flexibility index (Phi) is 5.94. The Morgan fingerprint density at radius 3 is 2.60 bits per heavy atom. The normalized spacial score (nSPS) is 11.9. The molecule has 35 heavy (non-hydrogen) atoms. The largest absolute Gasteiger partial charge is 0.371 e. The number of hydrogen-bond acceptors (Lipinski definition) is 7. The minimum atomic E-state index is -0.541. The van der Waals surface area contributed by atoms with Crippen LogP contribution in [0.15, 0.2) is 55.2 Å². The summed E-state index contributed by atoms with van der Waals surface area (Å²) in [5.41, 5.74) is 3.72. The number of halogens is 3. The number of aryl methyl sites for hydroxylation is 1. The first-order valence-electron chi connectivity index (χ1n) is 10.3. The summed E-state index contributed by atoms with van der Waals surface area (Å²) >= 11 is 12.5. The fraction of sp³-hybridized carbons (Fsp3) is 0.0870. The molecule has 0 aliphatic rings. The van der Waals surface area contributed by atoms with E-state index in [-0.39, 0.29) is 10.6 Å². The predicted molar refractivity (Wildman–Crippen MR) is 131 cm³/mol. The van der Waals surface area contributed by atoms with Gasteiger partial charge in [-0.05, 0) is 30.3 Å². The fourth-order valence-corrected chi connectivity index (χ4v) is 4.13. The summed E-state index contributed by atoms with van der Waals surface area (Å²) in [4.78, 5) is 8.81. The Hall–Kier alpha value is -4.20. The summed E-state index contributed by atoms with van der Waals surface area (Å²) in [5.74, 6) is -0.541. The van der Waals surface area contributed by atoms with Crippen molar-refractivity contribution >= 4 is 51.2 Å². The van der Waals surface area contributed by atoms with Crippen LogP contribution in [-0.4, -0.2) is 29.9 Å². The molecule has 9 nitrogen and oxygen atoms in total. The SMILES string of the molecule is Cn1cnc(C(Nc2cc(Cl)c3ncc(C#N)c(Nc4ccc(F)c(Cl)c4)c3c2)c2cn[nH]n2)c1. The predicted octanol–water partition coefficient (Wildman–Crippen LogP) is 5.35. The van der Waals surface area contributed by atoms with Crippen molar-refractivity contribution in [3.63, 3.8) is 0 Å². The number of pyridine rings is 1. The first kappa shape index (κ1) is 22.6. The molecular formula is C23H16Cl2FN9. The molecule has 0 saturated carbocycles. The lowest BCUT2D eigenvalue weighted by Gasteiger charge is -2.18. The number of nitrogens with zero attached hydrogens (tertiary/aromatic N) is 6. The van der Waals surface area contributed by atoms with E-state index in [0.29, 0.717) is 38.7 Å². The topological polar surface area (TPSA) is 120 Å². The van der Waals surface area contributed by atoms with E-state index in [9.17, 15) is 9.65 Å². The van der Waals surface area contributed by atoms with Gasteiger partial charge in [0.2, 0.25) is 0 Å². The molecule has 0 radical (unpaired) electrons. The van der Waals surface area contributed by atoms with Gasteiger partial charge >= 0.3 is 0 Å². The summed E-state index contributed by atoms with van der Waals surface area (Å²) in [6.07, 6.45) is 6.60. The number of H-pyrrole nitrogens is 1. The second-order valence-electron chi connectivity index (χ2n) is 7.70. The number of rotatable bonds is 6. The van der Waals surface area contributed by atoms with Gasteiger partial charge in [-0.2, -0.15) is 20.7 Å². The van der Waals surface area contributed by atoms with E-state index in [0.717, 1.165) is 5.69 Å². The van der Waals surface area contributed by atoms with E-state index in [2.05, 4.69) is 42.1 Å². The van der Waals surface area contributed by atoms with Crippen molar-refractivity contribution in [2.45, 2.75) is 6.04 Å². The number of nitrogens with one attached hydrogen (secondary N) is 3. The molecule has 174 valence electrons. The van der Waals surface area contributed by atoms with Crippen LogP contribution >= 0.6 is 23.2 Å². The minimum Gasteiger partial charge on any atom is -0.371 e. The van der Waals surface area contributed by atoms with Crippen molar-refractivity contribution in [1.82, 2.24) is 29.9 Å².